The first-order valence-electron chi connectivity index (χ1n) is 3.73. The van der Waals surface area contributed by atoms with E-state index in [0.29, 0.717) is 13.0 Å². The van der Waals surface area contributed by atoms with E-state index in [0.717, 1.165) is 0 Å². The lowest BCUT2D eigenvalue weighted by atomic mass is 10.1. The summed E-state index contributed by atoms with van der Waals surface area (Å²) in [6, 6.07) is 1.98. The molecule has 0 aliphatic rings. The molecule has 0 bridgehead atoms. The maximum atomic E-state index is 11.0. The molecule has 12 heavy (non-hydrogen) atoms. The molecule has 0 aromatic heterocycles. The summed E-state index contributed by atoms with van der Waals surface area (Å²) in [7, 11) is 1.53. The fraction of sp³-hybridized carbons (Fsp3) is 0.750. The number of hydrogen-bond donors (Lipinski definition) is 1. The first-order chi connectivity index (χ1) is 5.52. The molecule has 68 valence electrons. The van der Waals surface area contributed by atoms with Gasteiger partial charge in [0, 0.05) is 13.5 Å². The molecular weight excluding hydrogens is 156 g/mol. The van der Waals surface area contributed by atoms with Gasteiger partial charge in [-0.1, -0.05) is 0 Å². The molecule has 4 nitrogen and oxygen atoms in total. The minimum absolute atomic E-state index is 0.164. The van der Waals surface area contributed by atoms with E-state index in [-0.39, 0.29) is 5.91 Å². The van der Waals surface area contributed by atoms with E-state index in [9.17, 15) is 4.79 Å². The normalized spacial score (nSPS) is 10.5. The second-order valence-electron chi connectivity index (χ2n) is 3.03. The van der Waals surface area contributed by atoms with Crippen molar-refractivity contribution in [1.82, 2.24) is 5.32 Å². The number of carbonyl (C=O) groups excluding carboxylic acids is 1. The van der Waals surface area contributed by atoms with E-state index in [4.69, 9.17) is 10.00 Å². The topological polar surface area (TPSA) is 62.1 Å². The molecule has 0 aromatic rings. The van der Waals surface area contributed by atoms with Crippen molar-refractivity contribution in [1.29, 1.82) is 5.26 Å². The van der Waals surface area contributed by atoms with Gasteiger partial charge in [0.2, 0.25) is 5.91 Å². The quantitative estimate of drug-likeness (QED) is 0.666. The van der Waals surface area contributed by atoms with E-state index in [1.54, 1.807) is 13.8 Å². The van der Waals surface area contributed by atoms with Crippen LogP contribution in [0.2, 0.25) is 0 Å². The van der Waals surface area contributed by atoms with Crippen molar-refractivity contribution in [2.45, 2.75) is 25.8 Å². The van der Waals surface area contributed by atoms with Gasteiger partial charge in [0.25, 0.3) is 0 Å². The highest BCUT2D eigenvalue weighted by molar-refractivity contribution is 5.77. The summed E-state index contributed by atoms with van der Waals surface area (Å²) in [6.07, 6.45) is 0.293. The van der Waals surface area contributed by atoms with Crippen LogP contribution in [-0.4, -0.2) is 25.2 Å². The third kappa shape index (κ3) is 4.69. The van der Waals surface area contributed by atoms with E-state index < -0.39 is 5.54 Å². The lowest BCUT2D eigenvalue weighted by Gasteiger charge is -2.16. The molecule has 1 N–H and O–H groups in total. The van der Waals surface area contributed by atoms with Gasteiger partial charge in [0.1, 0.15) is 5.54 Å². The van der Waals surface area contributed by atoms with E-state index in [1.165, 1.54) is 7.11 Å². The van der Waals surface area contributed by atoms with Gasteiger partial charge in [-0.3, -0.25) is 4.79 Å². The molecule has 0 aliphatic heterocycles. The number of hydrogen-bond acceptors (Lipinski definition) is 3. The Hall–Kier alpha value is -1.08. The molecule has 0 aliphatic carbocycles. The van der Waals surface area contributed by atoms with Crippen LogP contribution < -0.4 is 5.32 Å². The van der Waals surface area contributed by atoms with Crippen LogP contribution in [-0.2, 0) is 9.53 Å². The Morgan fingerprint density at radius 1 is 1.67 bits per heavy atom. The maximum Gasteiger partial charge on any atom is 0.223 e. The molecule has 0 saturated heterocycles. The number of methoxy groups -OCH3 is 1. The van der Waals surface area contributed by atoms with Crippen molar-refractivity contribution in [2.24, 2.45) is 0 Å². The zero-order chi connectivity index (χ0) is 9.61. The summed E-state index contributed by atoms with van der Waals surface area (Å²) >= 11 is 0. The molecule has 0 saturated carbocycles. The molecule has 0 unspecified atom stereocenters. The summed E-state index contributed by atoms with van der Waals surface area (Å²) in [6.45, 7) is 3.68. The summed E-state index contributed by atoms with van der Waals surface area (Å²) in [5.41, 5.74) is -0.787. The van der Waals surface area contributed by atoms with Gasteiger partial charge in [0.15, 0.2) is 0 Å². The van der Waals surface area contributed by atoms with Crippen LogP contribution in [0, 0.1) is 11.3 Å². The molecule has 0 heterocycles. The largest absolute Gasteiger partial charge is 0.384 e. The second-order valence-corrected chi connectivity index (χ2v) is 3.03. The molecule has 0 radical (unpaired) electrons. The Labute approximate surface area is 72.5 Å². The number of amides is 1. The van der Waals surface area contributed by atoms with Crippen LogP contribution in [0.25, 0.3) is 0 Å². The average molecular weight is 170 g/mol. The lowest BCUT2D eigenvalue weighted by molar-refractivity contribution is -0.123. The highest BCUT2D eigenvalue weighted by Crippen LogP contribution is 1.99. The predicted octanol–water partition coefficient (Wildman–Crippen LogP) is 0.441. The van der Waals surface area contributed by atoms with Crippen LogP contribution in [0.1, 0.15) is 20.3 Å². The first kappa shape index (κ1) is 10.9. The van der Waals surface area contributed by atoms with Crippen molar-refractivity contribution in [3.63, 3.8) is 0 Å². The highest BCUT2D eigenvalue weighted by Gasteiger charge is 2.18. The predicted molar refractivity (Wildman–Crippen MR) is 44.3 cm³/mol. The zero-order valence-electron chi connectivity index (χ0n) is 7.68. The number of rotatable bonds is 4. The van der Waals surface area contributed by atoms with Gasteiger partial charge in [-0.15, -0.1) is 0 Å². The molecule has 0 aromatic carbocycles. The van der Waals surface area contributed by atoms with Crippen molar-refractivity contribution in [3.05, 3.63) is 0 Å². The fourth-order valence-electron chi connectivity index (χ4n) is 0.634. The van der Waals surface area contributed by atoms with Gasteiger partial charge in [0.05, 0.1) is 12.7 Å². The molecule has 1 amide bonds. The monoisotopic (exact) mass is 170 g/mol. The first-order valence-corrected chi connectivity index (χ1v) is 3.73. The Bertz CT molecular complexity index is 194. The van der Waals surface area contributed by atoms with Crippen molar-refractivity contribution >= 4 is 5.91 Å². The van der Waals surface area contributed by atoms with Crippen molar-refractivity contribution in [3.8, 4) is 6.07 Å². The van der Waals surface area contributed by atoms with Crippen LogP contribution in [0.15, 0.2) is 0 Å². The van der Waals surface area contributed by atoms with Crippen LogP contribution in [0.5, 0.6) is 0 Å². The Morgan fingerprint density at radius 2 is 2.25 bits per heavy atom. The second kappa shape index (κ2) is 4.73. The smallest absolute Gasteiger partial charge is 0.223 e. The summed E-state index contributed by atoms with van der Waals surface area (Å²) in [5.74, 6) is -0.164. The molecular formula is C8H14N2O2. The number of ether oxygens (including phenoxy) is 1. The van der Waals surface area contributed by atoms with Gasteiger partial charge in [-0.05, 0) is 13.8 Å². The zero-order valence-corrected chi connectivity index (χ0v) is 7.68. The summed E-state index contributed by atoms with van der Waals surface area (Å²) in [4.78, 5) is 11.0. The minimum Gasteiger partial charge on any atom is -0.384 e. The molecule has 0 rings (SSSR count). The Kier molecular flexibility index (Phi) is 4.30. The summed E-state index contributed by atoms with van der Waals surface area (Å²) < 4.78 is 4.72. The van der Waals surface area contributed by atoms with Gasteiger partial charge >= 0.3 is 0 Å². The van der Waals surface area contributed by atoms with Gasteiger partial charge in [-0.2, -0.15) is 5.26 Å². The van der Waals surface area contributed by atoms with Crippen LogP contribution >= 0.6 is 0 Å². The van der Waals surface area contributed by atoms with E-state index in [2.05, 4.69) is 5.32 Å². The van der Waals surface area contributed by atoms with E-state index >= 15 is 0 Å². The average Bonchev–Trinajstić information content (AvgIpc) is 2.00. The third-order valence-electron chi connectivity index (χ3n) is 1.26. The van der Waals surface area contributed by atoms with Gasteiger partial charge < -0.3 is 10.1 Å². The van der Waals surface area contributed by atoms with Crippen LogP contribution in [0.4, 0.5) is 0 Å². The number of nitrogens with zero attached hydrogens (tertiary/aromatic N) is 1. The summed E-state index contributed by atoms with van der Waals surface area (Å²) in [5, 5.41) is 11.1. The standard InChI is InChI=1S/C8H14N2O2/c1-8(2,6-9)10-7(11)4-5-12-3/h4-5H2,1-3H3,(H,10,11). The van der Waals surface area contributed by atoms with Gasteiger partial charge in [-0.25, -0.2) is 0 Å². The lowest BCUT2D eigenvalue weighted by Crippen LogP contribution is -2.42. The molecule has 4 heteroatoms. The molecule has 0 fully saturated rings. The molecule has 0 spiro atoms. The van der Waals surface area contributed by atoms with Crippen molar-refractivity contribution < 1.29 is 9.53 Å². The Balaban J connectivity index is 3.78. The minimum atomic E-state index is -0.787. The fourth-order valence-corrected chi connectivity index (χ4v) is 0.634. The van der Waals surface area contributed by atoms with Crippen molar-refractivity contribution in [2.75, 3.05) is 13.7 Å². The Morgan fingerprint density at radius 3 is 2.67 bits per heavy atom. The SMILES string of the molecule is COCCC(=O)NC(C)(C)C#N. The number of carbonyl (C=O) groups is 1. The third-order valence-corrected chi connectivity index (χ3v) is 1.26. The maximum absolute atomic E-state index is 11.0. The molecule has 0 atom stereocenters. The highest BCUT2D eigenvalue weighted by atomic mass is 16.5. The number of nitrogens with one attached hydrogen (secondary N) is 1. The van der Waals surface area contributed by atoms with Crippen LogP contribution in [0.3, 0.4) is 0 Å². The number of nitriles is 1. The van der Waals surface area contributed by atoms with E-state index in [1.807, 2.05) is 6.07 Å².